The number of rotatable bonds is 16. The fraction of sp³-hybridized carbons (Fsp3) is 0.727. The number of hydrogen-bond acceptors (Lipinski definition) is 31. The molecule has 7 heterocycles. The summed E-state index contributed by atoms with van der Waals surface area (Å²) >= 11 is 0. The van der Waals surface area contributed by atoms with Gasteiger partial charge in [-0.3, -0.25) is 57.5 Å². The molecule has 6 N–H and O–H groups in total. The lowest BCUT2D eigenvalue weighted by Gasteiger charge is -2.42. The Labute approximate surface area is 850 Å². The van der Waals surface area contributed by atoms with Gasteiger partial charge in [-0.1, -0.05) is 142 Å². The highest BCUT2D eigenvalue weighted by Crippen LogP contribution is 2.43. The first-order valence-corrected chi connectivity index (χ1v) is 51.9. The zero-order chi connectivity index (χ0) is 107. The number of cyclic esters (lactones) is 4. The molecule has 0 radical (unpaired) electrons. The van der Waals surface area contributed by atoms with Gasteiger partial charge in [0.2, 0.25) is 11.6 Å². The molecule has 0 unspecified atom stereocenters. The monoisotopic (exact) mass is 2030 g/mol. The molecule has 0 aromatic rings. The van der Waals surface area contributed by atoms with Crippen LogP contribution in [0.2, 0.25) is 0 Å². The van der Waals surface area contributed by atoms with Crippen molar-refractivity contribution in [3.8, 4) is 0 Å². The third kappa shape index (κ3) is 35.3. The molecule has 0 spiro atoms. The molecule has 9 aliphatic rings. The summed E-state index contributed by atoms with van der Waals surface area (Å²) in [4.78, 5) is 188. The van der Waals surface area contributed by atoms with Crippen LogP contribution in [0.25, 0.3) is 0 Å². The van der Waals surface area contributed by atoms with Crippen molar-refractivity contribution in [3.63, 3.8) is 0 Å². The van der Waals surface area contributed by atoms with Crippen molar-refractivity contribution >= 4 is 82.3 Å². The van der Waals surface area contributed by atoms with Crippen molar-refractivity contribution < 1.29 is 155 Å². The lowest BCUT2D eigenvalue weighted by Crippen LogP contribution is -2.61. The third-order valence-electron chi connectivity index (χ3n) is 30.5. The minimum absolute atomic E-state index is 0.00674. The zero-order valence-corrected chi connectivity index (χ0v) is 88.5. The molecule has 0 aromatic heterocycles. The third-order valence-corrected chi connectivity index (χ3v) is 30.5. The number of carboxylic acids is 1. The first-order valence-electron chi connectivity index (χ1n) is 51.9. The first-order chi connectivity index (χ1) is 68.1. The molecule has 30 atom stereocenters. The van der Waals surface area contributed by atoms with Gasteiger partial charge in [-0.05, 0) is 214 Å². The Morgan fingerprint density at radius 2 is 0.854 bits per heavy atom. The summed E-state index contributed by atoms with van der Waals surface area (Å²) in [5.41, 5.74) is 2.48. The number of carbonyl (C=O) groups excluding carboxylic acids is 13. The smallest absolute Gasteiger partial charge is 0.329 e. The van der Waals surface area contributed by atoms with Gasteiger partial charge in [-0.25, -0.2) is 9.59 Å². The lowest BCUT2D eigenvalue weighted by molar-refractivity contribution is -0.265. The van der Waals surface area contributed by atoms with Gasteiger partial charge in [-0.2, -0.15) is 0 Å². The Bertz CT molecular complexity index is 4570. The van der Waals surface area contributed by atoms with Crippen molar-refractivity contribution in [2.45, 2.75) is 386 Å². The summed E-state index contributed by atoms with van der Waals surface area (Å²) in [7, 11) is 8.95. The maximum absolute atomic E-state index is 14.5. The molecular formula is C110H166N2O32. The van der Waals surface area contributed by atoms with Crippen LogP contribution in [0.1, 0.15) is 277 Å². The molecule has 5 saturated heterocycles. The fourth-order valence-electron chi connectivity index (χ4n) is 21.2. The SMILES string of the molecule is CO[C@H]1C[C@@H]2CC[C@@H](C)[C@@](O)(O2)C(=O)C(=O)N2CCCC[C@H]2C(=O)O[C@H]([C@H](C)C[C@@H]2CC[C@@H](O)[C@H](OC)C2)CC(=O)[C@H](C)/C=C(\C)[C@@H](O)[C@@H](OC)C(=O)[C@H](C)C[C@H](C)/C=C/C=CC=C1C.CO[C@H]1C[C@@H]2CC[C@@H](C)[C@@](O)(O2)C(=O)C(=O)N2CCCC[C@H]2C(=O)O[C@H]([C@H](C)C[C@@H]2CC[C@@H](OC(=O)CCC(=O)O)[C@H](OC)C2)CC(=O)[C@H](C)/C=C(\C)[C@@H](O)[C@@H](OC)C(=O)[C@H](C)C[C@H](C)/C=C/C=CC=C1C.O=C1CCC(=O)O1. The van der Waals surface area contributed by atoms with E-state index in [9.17, 15) is 92.7 Å². The second-order valence-corrected chi connectivity index (χ2v) is 41.9. The van der Waals surface area contributed by atoms with Crippen molar-refractivity contribution in [3.05, 3.63) is 95.2 Å². The van der Waals surface area contributed by atoms with Crippen molar-refractivity contribution in [2.75, 3.05) is 55.7 Å². The van der Waals surface area contributed by atoms with Crippen molar-refractivity contribution in [1.29, 1.82) is 0 Å². The number of amides is 2. The van der Waals surface area contributed by atoms with Gasteiger partial charge in [0, 0.05) is 117 Å². The number of carbonyl (C=O) groups is 14. The van der Waals surface area contributed by atoms with Crippen LogP contribution in [0, 0.1) is 71.0 Å². The molecule has 7 aliphatic heterocycles. The summed E-state index contributed by atoms with van der Waals surface area (Å²) in [6, 6.07) is -2.34. The van der Waals surface area contributed by atoms with Gasteiger partial charge in [0.15, 0.2) is 11.6 Å². The van der Waals surface area contributed by atoms with E-state index in [4.69, 9.17) is 57.2 Å². The molecule has 2 saturated carbocycles. The predicted molar refractivity (Wildman–Crippen MR) is 531 cm³/mol. The molecule has 2 amide bonds. The molecule has 144 heavy (non-hydrogen) atoms. The summed E-state index contributed by atoms with van der Waals surface area (Å²) in [5, 5.41) is 66.3. The molecule has 0 aromatic carbocycles. The number of esters is 5. The summed E-state index contributed by atoms with van der Waals surface area (Å²) in [5.74, 6) is -19.1. The molecule has 9 rings (SSSR count). The topological polar surface area (TPSA) is 478 Å². The number of aliphatic carboxylic acids is 1. The van der Waals surface area contributed by atoms with E-state index in [1.807, 2.05) is 109 Å². The number of piperidine rings is 2. The average Bonchev–Trinajstić information content (AvgIpc) is 0.843. The van der Waals surface area contributed by atoms with Gasteiger partial charge in [0.25, 0.3) is 23.4 Å². The Morgan fingerprint density at radius 1 is 0.451 bits per heavy atom. The molecule has 4 bridgehead atoms. The number of ketones is 6. The van der Waals surface area contributed by atoms with Crippen LogP contribution in [0.3, 0.4) is 0 Å². The first kappa shape index (κ1) is 122. The van der Waals surface area contributed by atoms with Gasteiger partial charge >= 0.3 is 35.8 Å². The largest absolute Gasteiger partial charge is 0.481 e. The summed E-state index contributed by atoms with van der Waals surface area (Å²) < 4.78 is 68.7. The molecule has 34 nitrogen and oxygen atoms in total. The van der Waals surface area contributed by atoms with E-state index in [0.717, 1.165) is 22.5 Å². The van der Waals surface area contributed by atoms with Crippen LogP contribution >= 0.6 is 0 Å². The fourth-order valence-corrected chi connectivity index (χ4v) is 21.2. The standard InChI is InChI=1S/C55H83NO16.C51H79NO13.C4H4O3/c1-32-16-12-11-13-17-33(2)44(67-8)30-40-21-19-38(7)55(66,72-40)52(63)53(64)56-25-15-14-18-41(56)54(65)71-45(31-42(57)34(3)27-37(6)50(62)51(69-10)49(61)36(5)26-32)35(4)28-39-20-22-43(46(29-39)68-9)70-48(60)24-23-47(58)59;1-30-16-12-11-13-17-31(2)42(61-8)28-38-21-19-36(7)51(60,65-38)48(57)49(58)52-23-15-14-18-39(52)50(59)64-43(33(4)26-37-20-22-40(53)44(27-37)62-9)29-41(54)32(3)25-35(6)46(56)47(63-10)45(55)34(5)24-30;5-3-1-2-4(6)7-3/h11-13,16-17,27,32,34-36,38-41,43-46,50-51,62,66H,14-15,18-26,28-31H2,1-10H3,(H,58,59);11-13,16-17,25,30,32-34,36-40,42-44,46-47,53,56,60H,14-15,18-24,26-29H2,1-10H3;1-2H2/b13-11?,16-12+,33-17?,37-27+;13-11?,16-12+,31-17?,35-25+;/t32-,34-,35-,36-,38-,39+,40+,41+,43-,44+,45+,46-,50-,51+,55-;30-,32-,33-,34-,36-,37+,38+,39+,40-,42+,43+,44-,46-,47+,51-;/m11./s1. The number of nitrogens with zero attached hydrogens (tertiary/aromatic N) is 2. The van der Waals surface area contributed by atoms with E-state index >= 15 is 0 Å². The number of allylic oxidation sites excluding steroid dienone is 12. The number of aliphatic hydroxyl groups is 5. The van der Waals surface area contributed by atoms with E-state index in [-0.39, 0.29) is 123 Å². The average molecular weight is 2030 g/mol. The highest BCUT2D eigenvalue weighted by molar-refractivity contribution is 6.39. The quantitative estimate of drug-likeness (QED) is 0.0275. The van der Waals surface area contributed by atoms with E-state index in [2.05, 4.69) is 4.74 Å². The number of ether oxygens (including phenoxy) is 12. The van der Waals surface area contributed by atoms with Crippen LogP contribution in [0.15, 0.2) is 95.2 Å². The second-order valence-electron chi connectivity index (χ2n) is 41.9. The van der Waals surface area contributed by atoms with Crippen LogP contribution < -0.4 is 0 Å². The molecule has 34 heteroatoms. The Hall–Kier alpha value is -8.62. The number of methoxy groups -OCH3 is 6. The number of hydrogen-bond donors (Lipinski definition) is 6. The molecular weight excluding hydrogens is 1860 g/mol. The zero-order valence-electron chi connectivity index (χ0n) is 88.5. The van der Waals surface area contributed by atoms with Crippen molar-refractivity contribution in [2.24, 2.45) is 71.0 Å². The molecule has 808 valence electrons. The highest BCUT2D eigenvalue weighted by atomic mass is 16.7. The normalized spacial score (nSPS) is 36.8. The summed E-state index contributed by atoms with van der Waals surface area (Å²) in [6.45, 7) is 25.3. The van der Waals surface area contributed by atoms with Gasteiger partial charge in [-0.15, -0.1) is 0 Å². The van der Waals surface area contributed by atoms with Crippen LogP contribution in [0.4, 0.5) is 0 Å². The van der Waals surface area contributed by atoms with Crippen LogP contribution in [0.5, 0.6) is 0 Å². The Kier molecular flexibility index (Phi) is 50.1. The minimum atomic E-state index is -2.47. The van der Waals surface area contributed by atoms with Crippen LogP contribution in [-0.4, -0.2) is 288 Å². The van der Waals surface area contributed by atoms with E-state index < -0.39 is 204 Å². The number of aliphatic hydroxyl groups excluding tert-OH is 3. The van der Waals surface area contributed by atoms with E-state index in [1.165, 1.54) is 26.2 Å². The van der Waals surface area contributed by atoms with Crippen LogP contribution in [-0.2, 0) is 124 Å². The minimum Gasteiger partial charge on any atom is -0.481 e. The molecule has 7 fully saturated rings. The maximum atomic E-state index is 14.5. The summed E-state index contributed by atoms with van der Waals surface area (Å²) in [6.07, 6.45) is 21.0. The Balaban J connectivity index is 0.000000366. The lowest BCUT2D eigenvalue weighted by atomic mass is 9.78. The van der Waals surface area contributed by atoms with E-state index in [1.54, 1.807) is 81.9 Å². The number of fused-ring (bicyclic) bond motifs is 6. The maximum Gasteiger partial charge on any atom is 0.329 e. The molecule has 2 aliphatic carbocycles. The Morgan fingerprint density at radius 3 is 1.23 bits per heavy atom. The van der Waals surface area contributed by atoms with Gasteiger partial charge in [0.1, 0.15) is 66.4 Å². The van der Waals surface area contributed by atoms with E-state index in [0.29, 0.717) is 133 Å². The van der Waals surface area contributed by atoms with Crippen molar-refractivity contribution in [1.82, 2.24) is 9.80 Å². The number of Topliss-reactive ketones (excluding diaryl/α,β-unsaturated/α-hetero) is 6. The predicted octanol–water partition coefficient (Wildman–Crippen LogP) is 12.6. The number of carboxylic acid groups (broad SMARTS) is 1. The van der Waals surface area contributed by atoms with Gasteiger partial charge < -0.3 is 97.3 Å². The van der Waals surface area contributed by atoms with Gasteiger partial charge in [0.05, 0.1) is 68.4 Å². The second kappa shape index (κ2) is 58.9. The highest BCUT2D eigenvalue weighted by Gasteiger charge is 2.56.